The second-order valence-corrected chi connectivity index (χ2v) is 2.86. The highest BCUT2D eigenvalue weighted by Gasteiger charge is 2.07. The average Bonchev–Trinajstić information content (AvgIpc) is 2.08. The number of nitrogens with zero attached hydrogens (tertiary/aromatic N) is 1. The van der Waals surface area contributed by atoms with Gasteiger partial charge in [-0.2, -0.15) is 0 Å². The van der Waals surface area contributed by atoms with Gasteiger partial charge >= 0.3 is 0 Å². The summed E-state index contributed by atoms with van der Waals surface area (Å²) < 4.78 is 9.45. The Morgan fingerprint density at radius 3 is 2.08 bits per heavy atom. The van der Waals surface area contributed by atoms with Gasteiger partial charge in [-0.3, -0.25) is 4.90 Å². The highest BCUT2D eigenvalue weighted by Crippen LogP contribution is 1.96. The zero-order valence-electron chi connectivity index (χ0n) is 8.51. The van der Waals surface area contributed by atoms with Crippen LogP contribution in [-0.4, -0.2) is 52.0 Å². The third kappa shape index (κ3) is 9.80. The molecule has 0 unspecified atom stereocenters. The maximum atomic E-state index is 5.20. The van der Waals surface area contributed by atoms with E-state index in [4.69, 9.17) is 4.74 Å². The first kappa shape index (κ1) is 15.4. The molecule has 1 fully saturated rings. The molecule has 1 rings (SSSR count). The van der Waals surface area contributed by atoms with Crippen molar-refractivity contribution in [2.75, 3.05) is 47.1 Å². The van der Waals surface area contributed by atoms with Crippen LogP contribution in [-0.2, 0) is 9.47 Å². The fourth-order valence-corrected chi connectivity index (χ4v) is 1.14. The van der Waals surface area contributed by atoms with Crippen LogP contribution < -0.4 is 0 Å². The summed E-state index contributed by atoms with van der Waals surface area (Å²) >= 11 is 0. The van der Waals surface area contributed by atoms with E-state index in [1.807, 2.05) is 0 Å². The minimum Gasteiger partial charge on any atom is -0.388 e. The Balaban J connectivity index is 0. The smallest absolute Gasteiger partial charge is 0.0594 e. The molecule has 0 aromatic carbocycles. The van der Waals surface area contributed by atoms with Crippen LogP contribution in [0.4, 0.5) is 0 Å². The van der Waals surface area contributed by atoms with Crippen LogP contribution in [0.15, 0.2) is 0 Å². The summed E-state index contributed by atoms with van der Waals surface area (Å²) in [7, 11) is 3.25. The molecule has 0 saturated carbocycles. The molecule has 3 nitrogen and oxygen atoms in total. The Labute approximate surface area is 83.0 Å². The molecule has 0 amide bonds. The van der Waals surface area contributed by atoms with E-state index in [1.165, 1.54) is 13.0 Å². The number of hydrogen-bond acceptors (Lipinski definition) is 3. The van der Waals surface area contributed by atoms with Crippen molar-refractivity contribution in [3.63, 3.8) is 0 Å². The summed E-state index contributed by atoms with van der Waals surface area (Å²) in [5.74, 6) is 0. The Kier molecular flexibility index (Phi) is 14.0. The Hall–Kier alpha value is -0.120. The summed E-state index contributed by atoms with van der Waals surface area (Å²) in [5, 5.41) is 0. The zero-order valence-corrected chi connectivity index (χ0v) is 8.51. The molecule has 0 atom stereocenters. The van der Waals surface area contributed by atoms with Gasteiger partial charge in [0, 0.05) is 27.3 Å². The van der Waals surface area contributed by atoms with Gasteiger partial charge in [0.2, 0.25) is 0 Å². The molecule has 0 aromatic rings. The zero-order chi connectivity index (χ0) is 9.23. The lowest BCUT2D eigenvalue weighted by atomic mass is 10.4. The van der Waals surface area contributed by atoms with Gasteiger partial charge in [0.25, 0.3) is 0 Å². The second-order valence-electron chi connectivity index (χ2n) is 2.86. The number of ether oxygens (including phenoxy) is 2. The van der Waals surface area contributed by atoms with Gasteiger partial charge in [-0.1, -0.05) is 14.4 Å². The van der Waals surface area contributed by atoms with Gasteiger partial charge in [-0.05, 0) is 13.0 Å². The molecular formula is C10H25NO2. The highest BCUT2D eigenvalue weighted by molar-refractivity contribution is 4.59. The first-order valence-corrected chi connectivity index (χ1v) is 4.55. The van der Waals surface area contributed by atoms with Gasteiger partial charge < -0.3 is 9.47 Å². The van der Waals surface area contributed by atoms with E-state index in [0.717, 1.165) is 26.3 Å². The molecule has 0 aliphatic carbocycles. The molecule has 0 N–H and O–H groups in total. The third-order valence-electron chi connectivity index (χ3n) is 1.64. The molecule has 82 valence electrons. The Morgan fingerprint density at radius 2 is 1.69 bits per heavy atom. The predicted molar refractivity (Wildman–Crippen MR) is 57.2 cm³/mol. The van der Waals surface area contributed by atoms with Crippen molar-refractivity contribution >= 4 is 0 Å². The average molecular weight is 191 g/mol. The summed E-state index contributed by atoms with van der Waals surface area (Å²) in [5.41, 5.74) is 0. The molecule has 1 heterocycles. The van der Waals surface area contributed by atoms with Gasteiger partial charge in [-0.25, -0.2) is 0 Å². The maximum absolute atomic E-state index is 5.20. The molecule has 0 aromatic heterocycles. The minimum absolute atomic E-state index is 0. The molecular weight excluding hydrogens is 166 g/mol. The number of methoxy groups -OCH3 is 1. The summed E-state index contributed by atoms with van der Waals surface area (Å²) in [6.45, 7) is 7.58. The van der Waals surface area contributed by atoms with Crippen LogP contribution in [0.3, 0.4) is 0 Å². The fraction of sp³-hybridized carbons (Fsp3) is 1.00. The molecule has 0 spiro atoms. The van der Waals surface area contributed by atoms with E-state index in [-0.39, 0.29) is 7.43 Å². The van der Waals surface area contributed by atoms with Gasteiger partial charge in [0.05, 0.1) is 13.2 Å². The molecule has 0 bridgehead atoms. The van der Waals surface area contributed by atoms with Crippen LogP contribution in [0.1, 0.15) is 20.8 Å². The fourth-order valence-electron chi connectivity index (χ4n) is 1.14. The first-order chi connectivity index (χ1) is 5.85. The highest BCUT2D eigenvalue weighted by atomic mass is 16.5. The van der Waals surface area contributed by atoms with Crippen molar-refractivity contribution in [3.8, 4) is 0 Å². The Morgan fingerprint density at radius 1 is 1.23 bits per heavy atom. The molecule has 3 heteroatoms. The quantitative estimate of drug-likeness (QED) is 0.662. The van der Waals surface area contributed by atoms with Crippen molar-refractivity contribution in [2.24, 2.45) is 0 Å². The van der Waals surface area contributed by atoms with Crippen molar-refractivity contribution in [1.29, 1.82) is 0 Å². The van der Waals surface area contributed by atoms with Crippen molar-refractivity contribution in [1.82, 2.24) is 4.90 Å². The van der Waals surface area contributed by atoms with Gasteiger partial charge in [-0.15, -0.1) is 0 Å². The third-order valence-corrected chi connectivity index (χ3v) is 1.64. The van der Waals surface area contributed by atoms with Gasteiger partial charge in [0.1, 0.15) is 0 Å². The topological polar surface area (TPSA) is 21.7 Å². The van der Waals surface area contributed by atoms with Crippen LogP contribution in [0, 0.1) is 0 Å². The lowest BCUT2D eigenvalue weighted by Crippen LogP contribution is -2.36. The first-order valence-electron chi connectivity index (χ1n) is 4.55. The molecule has 1 aliphatic heterocycles. The van der Waals surface area contributed by atoms with Gasteiger partial charge in [0.15, 0.2) is 0 Å². The van der Waals surface area contributed by atoms with Crippen molar-refractivity contribution in [2.45, 2.75) is 20.8 Å². The molecule has 1 aliphatic rings. The maximum Gasteiger partial charge on any atom is 0.0594 e. The van der Waals surface area contributed by atoms with E-state index in [1.54, 1.807) is 14.2 Å². The number of hydrogen-bond donors (Lipinski definition) is 0. The summed E-state index contributed by atoms with van der Waals surface area (Å²) in [6.07, 6.45) is 1.26. The van der Waals surface area contributed by atoms with E-state index in [0.29, 0.717) is 0 Å². The van der Waals surface area contributed by atoms with Crippen LogP contribution in [0.2, 0.25) is 0 Å². The normalized spacial score (nSPS) is 16.8. The lowest BCUT2D eigenvalue weighted by molar-refractivity contribution is 0.0380. The van der Waals surface area contributed by atoms with E-state index >= 15 is 0 Å². The predicted octanol–water partition coefficient (Wildman–Crippen LogP) is 1.63. The lowest BCUT2D eigenvalue weighted by Gasteiger charge is -2.25. The van der Waals surface area contributed by atoms with Crippen LogP contribution >= 0.6 is 0 Å². The SMILES string of the molecule is C.CCCN1CCOCC1.COC. The molecule has 0 radical (unpaired) electrons. The number of rotatable bonds is 2. The largest absolute Gasteiger partial charge is 0.388 e. The van der Waals surface area contributed by atoms with Crippen molar-refractivity contribution < 1.29 is 9.47 Å². The summed E-state index contributed by atoms with van der Waals surface area (Å²) in [4.78, 5) is 2.45. The second kappa shape index (κ2) is 11.9. The van der Waals surface area contributed by atoms with Crippen LogP contribution in [0.25, 0.3) is 0 Å². The standard InChI is InChI=1S/C7H15NO.C2H6O.CH4/c1-2-3-8-4-6-9-7-5-8;1-3-2;/h2-7H2,1H3;1-2H3;1H4. The molecule has 1 saturated heterocycles. The van der Waals surface area contributed by atoms with E-state index in [9.17, 15) is 0 Å². The summed E-state index contributed by atoms with van der Waals surface area (Å²) in [6, 6.07) is 0. The van der Waals surface area contributed by atoms with Crippen molar-refractivity contribution in [3.05, 3.63) is 0 Å². The minimum atomic E-state index is 0. The van der Waals surface area contributed by atoms with E-state index in [2.05, 4.69) is 16.6 Å². The monoisotopic (exact) mass is 191 g/mol. The molecule has 13 heavy (non-hydrogen) atoms. The Bertz CT molecular complexity index is 80.2. The van der Waals surface area contributed by atoms with Crippen LogP contribution in [0.5, 0.6) is 0 Å². The number of morpholine rings is 1. The van der Waals surface area contributed by atoms with E-state index < -0.39 is 0 Å².